The molecule has 18 heavy (non-hydrogen) atoms. The number of nitrogens with two attached hydrogens (primary N) is 1. The minimum atomic E-state index is -5.71. The molecule has 0 amide bonds. The van der Waals surface area contributed by atoms with E-state index in [4.69, 9.17) is 5.73 Å². The fourth-order valence-corrected chi connectivity index (χ4v) is 0.906. The number of hydrogen-bond donors (Lipinski definition) is 1. The van der Waals surface area contributed by atoms with Crippen molar-refractivity contribution < 1.29 is 31.4 Å². The van der Waals surface area contributed by atoms with Gasteiger partial charge >= 0.3 is 12.1 Å². The van der Waals surface area contributed by atoms with Crippen molar-refractivity contribution in [3.8, 4) is 11.6 Å². The van der Waals surface area contributed by atoms with E-state index >= 15 is 0 Å². The van der Waals surface area contributed by atoms with Crippen LogP contribution in [-0.4, -0.2) is 35.8 Å². The van der Waals surface area contributed by atoms with E-state index in [1.54, 1.807) is 0 Å². The molecule has 0 aliphatic heterocycles. The number of ether oxygens (including phenoxy) is 2. The predicted octanol–water partition coefficient (Wildman–Crippen LogP) is 1.64. The lowest BCUT2D eigenvalue weighted by Crippen LogP contribution is -2.41. The molecule has 1 heterocycles. The lowest BCUT2D eigenvalue weighted by Gasteiger charge is -2.20. The van der Waals surface area contributed by atoms with Gasteiger partial charge in [-0.3, -0.25) is 0 Å². The van der Waals surface area contributed by atoms with Crippen molar-refractivity contribution in [3.05, 3.63) is 6.33 Å². The zero-order valence-corrected chi connectivity index (χ0v) is 8.96. The highest BCUT2D eigenvalue weighted by Gasteiger charge is 2.58. The SMILES string of the molecule is COc1c(N)ncnc1OCC(F)(F)C(F)(F)F. The molecule has 0 fully saturated rings. The van der Waals surface area contributed by atoms with E-state index in [1.165, 1.54) is 0 Å². The van der Waals surface area contributed by atoms with Crippen molar-refractivity contribution in [3.63, 3.8) is 0 Å². The van der Waals surface area contributed by atoms with Gasteiger partial charge in [0.05, 0.1) is 7.11 Å². The van der Waals surface area contributed by atoms with Gasteiger partial charge in [0.25, 0.3) is 5.88 Å². The number of anilines is 1. The summed E-state index contributed by atoms with van der Waals surface area (Å²) < 4.78 is 69.7. The summed E-state index contributed by atoms with van der Waals surface area (Å²) in [4.78, 5) is 6.81. The molecule has 0 spiro atoms. The lowest BCUT2D eigenvalue weighted by molar-refractivity contribution is -0.290. The molecule has 0 aliphatic carbocycles. The molecule has 0 saturated carbocycles. The first-order valence-electron chi connectivity index (χ1n) is 4.41. The van der Waals surface area contributed by atoms with E-state index in [0.717, 1.165) is 13.4 Å². The van der Waals surface area contributed by atoms with Gasteiger partial charge in [0.1, 0.15) is 6.33 Å². The maximum Gasteiger partial charge on any atom is 0.456 e. The van der Waals surface area contributed by atoms with Crippen molar-refractivity contribution in [2.45, 2.75) is 12.1 Å². The van der Waals surface area contributed by atoms with Gasteiger partial charge in [0.2, 0.25) is 5.75 Å². The monoisotopic (exact) mass is 273 g/mol. The standard InChI is InChI=1S/C8H8F5N3O2/c1-17-4-5(14)15-3-16-6(4)18-2-7(9,10)8(11,12)13/h3H,2H2,1H3,(H2,14,15,16). The fraction of sp³-hybridized carbons (Fsp3) is 0.500. The van der Waals surface area contributed by atoms with Crippen molar-refractivity contribution >= 4 is 5.82 Å². The van der Waals surface area contributed by atoms with Crippen LogP contribution in [0.5, 0.6) is 11.6 Å². The van der Waals surface area contributed by atoms with Gasteiger partial charge < -0.3 is 15.2 Å². The third kappa shape index (κ3) is 2.87. The molecule has 0 aromatic carbocycles. The van der Waals surface area contributed by atoms with E-state index in [0.29, 0.717) is 0 Å². The molecule has 0 atom stereocenters. The summed E-state index contributed by atoms with van der Waals surface area (Å²) in [5.41, 5.74) is 5.29. The smallest absolute Gasteiger partial charge is 0.456 e. The van der Waals surface area contributed by atoms with E-state index in [-0.39, 0.29) is 11.6 Å². The second-order valence-electron chi connectivity index (χ2n) is 3.09. The van der Waals surface area contributed by atoms with Crippen molar-refractivity contribution in [1.82, 2.24) is 9.97 Å². The summed E-state index contributed by atoms with van der Waals surface area (Å²) in [7, 11) is 1.11. The summed E-state index contributed by atoms with van der Waals surface area (Å²) in [5.74, 6) is -6.14. The Balaban J connectivity index is 2.85. The zero-order chi connectivity index (χ0) is 14.0. The highest BCUT2D eigenvalue weighted by Crippen LogP contribution is 2.37. The van der Waals surface area contributed by atoms with Crippen LogP contribution in [0.3, 0.4) is 0 Å². The first kappa shape index (κ1) is 14.2. The molecule has 1 rings (SSSR count). The third-order valence-corrected chi connectivity index (χ3v) is 1.81. The summed E-state index contributed by atoms with van der Waals surface area (Å²) in [6.07, 6.45) is -4.86. The molecule has 2 N–H and O–H groups in total. The van der Waals surface area contributed by atoms with Gasteiger partial charge in [-0.2, -0.15) is 26.9 Å². The van der Waals surface area contributed by atoms with Gasteiger partial charge in [-0.1, -0.05) is 0 Å². The van der Waals surface area contributed by atoms with Crippen molar-refractivity contribution in [1.29, 1.82) is 0 Å². The number of nitrogen functional groups attached to an aromatic ring is 1. The fourth-order valence-electron chi connectivity index (χ4n) is 0.906. The molecular formula is C8H8F5N3O2. The Bertz CT molecular complexity index is 424. The van der Waals surface area contributed by atoms with Gasteiger partial charge in [0, 0.05) is 0 Å². The number of methoxy groups -OCH3 is 1. The Morgan fingerprint density at radius 3 is 2.33 bits per heavy atom. The van der Waals surface area contributed by atoms with Crippen molar-refractivity contribution in [2.75, 3.05) is 19.5 Å². The van der Waals surface area contributed by atoms with Gasteiger partial charge in [-0.25, -0.2) is 4.98 Å². The van der Waals surface area contributed by atoms with Crippen LogP contribution >= 0.6 is 0 Å². The van der Waals surface area contributed by atoms with Gasteiger partial charge in [-0.15, -0.1) is 0 Å². The van der Waals surface area contributed by atoms with E-state index in [2.05, 4.69) is 19.4 Å². The molecule has 5 nitrogen and oxygen atoms in total. The van der Waals surface area contributed by atoms with Crippen LogP contribution in [0.2, 0.25) is 0 Å². The molecule has 0 radical (unpaired) electrons. The maximum absolute atomic E-state index is 12.6. The van der Waals surface area contributed by atoms with Gasteiger partial charge in [0.15, 0.2) is 12.4 Å². The van der Waals surface area contributed by atoms with Gasteiger partial charge in [-0.05, 0) is 0 Å². The van der Waals surface area contributed by atoms with Crippen LogP contribution in [0.25, 0.3) is 0 Å². The lowest BCUT2D eigenvalue weighted by atomic mass is 10.3. The number of halogens is 5. The Morgan fingerprint density at radius 2 is 1.83 bits per heavy atom. The zero-order valence-electron chi connectivity index (χ0n) is 8.96. The molecule has 102 valence electrons. The van der Waals surface area contributed by atoms with Crippen LogP contribution in [0.1, 0.15) is 0 Å². The molecular weight excluding hydrogens is 265 g/mol. The number of aromatic nitrogens is 2. The molecule has 10 heteroatoms. The summed E-state index contributed by atoms with van der Waals surface area (Å²) in [5, 5.41) is 0. The molecule has 0 aliphatic rings. The third-order valence-electron chi connectivity index (χ3n) is 1.81. The molecule has 1 aromatic heterocycles. The molecule has 0 unspecified atom stereocenters. The Labute approximate surface area is 97.7 Å². The van der Waals surface area contributed by atoms with E-state index in [1.807, 2.05) is 0 Å². The van der Waals surface area contributed by atoms with Crippen LogP contribution in [-0.2, 0) is 0 Å². The summed E-state index contributed by atoms with van der Waals surface area (Å²) >= 11 is 0. The normalized spacial score (nSPS) is 12.3. The Hall–Kier alpha value is -1.87. The summed E-state index contributed by atoms with van der Waals surface area (Å²) in [6, 6.07) is 0. The second-order valence-corrected chi connectivity index (χ2v) is 3.09. The van der Waals surface area contributed by atoms with E-state index < -0.39 is 24.6 Å². The molecule has 0 bridgehead atoms. The number of rotatable bonds is 4. The second kappa shape index (κ2) is 4.78. The first-order chi connectivity index (χ1) is 8.19. The Morgan fingerprint density at radius 1 is 1.22 bits per heavy atom. The van der Waals surface area contributed by atoms with E-state index in [9.17, 15) is 22.0 Å². The number of alkyl halides is 5. The van der Waals surface area contributed by atoms with Crippen molar-refractivity contribution in [2.24, 2.45) is 0 Å². The van der Waals surface area contributed by atoms with Crippen LogP contribution in [0, 0.1) is 0 Å². The highest BCUT2D eigenvalue weighted by atomic mass is 19.4. The number of hydrogen-bond acceptors (Lipinski definition) is 5. The maximum atomic E-state index is 12.6. The van der Waals surface area contributed by atoms with Crippen LogP contribution in [0.15, 0.2) is 6.33 Å². The predicted molar refractivity (Wildman–Crippen MR) is 49.5 cm³/mol. The largest absolute Gasteiger partial charge is 0.489 e. The molecule has 0 saturated heterocycles. The highest BCUT2D eigenvalue weighted by molar-refractivity contribution is 5.51. The quantitative estimate of drug-likeness (QED) is 0.844. The minimum Gasteiger partial charge on any atom is -0.489 e. The minimum absolute atomic E-state index is 0.238. The average Bonchev–Trinajstić information content (AvgIpc) is 2.25. The Kier molecular flexibility index (Phi) is 3.77. The van der Waals surface area contributed by atoms with Crippen LogP contribution in [0.4, 0.5) is 27.8 Å². The van der Waals surface area contributed by atoms with Crippen LogP contribution < -0.4 is 15.2 Å². The summed E-state index contributed by atoms with van der Waals surface area (Å²) in [6.45, 7) is -1.93. The molecule has 1 aromatic rings. The number of nitrogens with zero attached hydrogens (tertiary/aromatic N) is 2. The topological polar surface area (TPSA) is 70.3 Å². The first-order valence-corrected chi connectivity index (χ1v) is 4.41. The average molecular weight is 273 g/mol.